The molecule has 2 aromatic rings. The number of hydrogen-bond donors (Lipinski definition) is 0. The molecule has 0 saturated carbocycles. The van der Waals surface area contributed by atoms with Gasteiger partial charge in [-0.2, -0.15) is 0 Å². The van der Waals surface area contributed by atoms with E-state index in [9.17, 15) is 9.59 Å². The summed E-state index contributed by atoms with van der Waals surface area (Å²) < 4.78 is 15.6. The first kappa shape index (κ1) is 14.8. The Morgan fingerprint density at radius 2 is 2.05 bits per heavy atom. The number of carbonyl (C=O) groups excluding carboxylic acids is 1. The molecule has 0 radical (unpaired) electrons. The van der Waals surface area contributed by atoms with Crippen LogP contribution >= 0.6 is 0 Å². The van der Waals surface area contributed by atoms with Gasteiger partial charge in [-0.3, -0.25) is 0 Å². The molecule has 0 unspecified atom stereocenters. The molecule has 0 fully saturated rings. The molecule has 0 aliphatic rings. The van der Waals surface area contributed by atoms with E-state index in [-0.39, 0.29) is 6.61 Å². The Morgan fingerprint density at radius 3 is 2.81 bits per heavy atom. The lowest BCUT2D eigenvalue weighted by Gasteiger charge is -2.08. The lowest BCUT2D eigenvalue weighted by Crippen LogP contribution is -2.10. The van der Waals surface area contributed by atoms with E-state index in [0.717, 1.165) is 5.39 Å². The highest BCUT2D eigenvalue weighted by Crippen LogP contribution is 2.23. The van der Waals surface area contributed by atoms with Crippen molar-refractivity contribution in [2.24, 2.45) is 0 Å². The van der Waals surface area contributed by atoms with Crippen LogP contribution in [0.3, 0.4) is 0 Å². The molecule has 21 heavy (non-hydrogen) atoms. The van der Waals surface area contributed by atoms with Crippen LogP contribution in [0.5, 0.6) is 5.75 Å². The van der Waals surface area contributed by atoms with Crippen LogP contribution in [0.15, 0.2) is 51.7 Å². The second-order valence-corrected chi connectivity index (χ2v) is 4.54. The Morgan fingerprint density at radius 1 is 1.29 bits per heavy atom. The van der Waals surface area contributed by atoms with Crippen molar-refractivity contribution in [3.05, 3.63) is 52.9 Å². The van der Waals surface area contributed by atoms with Gasteiger partial charge in [0.15, 0.2) is 0 Å². The average Bonchev–Trinajstić information content (AvgIpc) is 2.46. The zero-order valence-corrected chi connectivity index (χ0v) is 11.8. The molecule has 0 aliphatic carbocycles. The Kier molecular flexibility index (Phi) is 4.77. The van der Waals surface area contributed by atoms with E-state index >= 15 is 0 Å². The summed E-state index contributed by atoms with van der Waals surface area (Å²) in [5.41, 5.74) is 0.383. The van der Waals surface area contributed by atoms with Crippen molar-refractivity contribution in [2.45, 2.75) is 13.3 Å². The van der Waals surface area contributed by atoms with Crippen molar-refractivity contribution in [2.75, 3.05) is 13.2 Å². The van der Waals surface area contributed by atoms with Gasteiger partial charge in [-0.1, -0.05) is 18.7 Å². The summed E-state index contributed by atoms with van der Waals surface area (Å²) in [6.45, 7) is 5.66. The van der Waals surface area contributed by atoms with Crippen molar-refractivity contribution in [1.29, 1.82) is 0 Å². The Bertz CT molecular complexity index is 714. The van der Waals surface area contributed by atoms with Gasteiger partial charge in [0.25, 0.3) is 0 Å². The smallest absolute Gasteiger partial charge is 0.339 e. The van der Waals surface area contributed by atoms with Crippen LogP contribution < -0.4 is 10.4 Å². The minimum atomic E-state index is -0.461. The van der Waals surface area contributed by atoms with E-state index in [1.165, 1.54) is 6.07 Å². The van der Waals surface area contributed by atoms with Crippen molar-refractivity contribution in [3.63, 3.8) is 0 Å². The monoisotopic (exact) mass is 288 g/mol. The summed E-state index contributed by atoms with van der Waals surface area (Å²) in [6.07, 6.45) is 0.521. The highest BCUT2D eigenvalue weighted by atomic mass is 16.5. The van der Waals surface area contributed by atoms with Crippen molar-refractivity contribution in [1.82, 2.24) is 0 Å². The number of ether oxygens (including phenoxy) is 2. The number of rotatable bonds is 6. The highest BCUT2D eigenvalue weighted by molar-refractivity contribution is 5.86. The maximum absolute atomic E-state index is 11.4. The third-order valence-electron chi connectivity index (χ3n) is 2.74. The second kappa shape index (κ2) is 6.74. The Labute approximate surface area is 121 Å². The molecule has 1 aromatic heterocycles. The third kappa shape index (κ3) is 3.95. The first-order valence-corrected chi connectivity index (χ1v) is 6.56. The van der Waals surface area contributed by atoms with Crippen LogP contribution in [0.1, 0.15) is 13.3 Å². The van der Waals surface area contributed by atoms with Gasteiger partial charge in [0.2, 0.25) is 0 Å². The topological polar surface area (TPSA) is 65.7 Å². The van der Waals surface area contributed by atoms with Gasteiger partial charge in [-0.25, -0.2) is 9.59 Å². The predicted octanol–water partition coefficient (Wildman–Crippen LogP) is 2.68. The summed E-state index contributed by atoms with van der Waals surface area (Å²) in [7, 11) is 0. The van der Waals surface area contributed by atoms with Crippen molar-refractivity contribution < 1.29 is 18.7 Å². The summed E-state index contributed by atoms with van der Waals surface area (Å²) in [5.74, 6) is 0.0499. The van der Waals surface area contributed by atoms with E-state index in [1.807, 2.05) is 12.1 Å². The standard InChI is InChI=1S/C16H16O5/c1-11(2)16(18)20-9-5-8-19-14-10-15(17)21-13-7-4-3-6-12(13)14/h3-4,6-7,10H,1,5,8-9H2,2H3. The largest absolute Gasteiger partial charge is 0.492 e. The maximum Gasteiger partial charge on any atom is 0.339 e. The molecule has 0 aliphatic heterocycles. The zero-order chi connectivity index (χ0) is 15.2. The number of fused-ring (bicyclic) bond motifs is 1. The Hall–Kier alpha value is -2.56. The van der Waals surface area contributed by atoms with E-state index in [4.69, 9.17) is 13.9 Å². The molecule has 2 rings (SSSR count). The summed E-state index contributed by atoms with van der Waals surface area (Å²) >= 11 is 0. The number of carbonyl (C=O) groups is 1. The molecule has 0 bridgehead atoms. The molecule has 110 valence electrons. The van der Waals surface area contributed by atoms with Gasteiger partial charge in [-0.05, 0) is 19.1 Å². The van der Waals surface area contributed by atoms with Crippen LogP contribution in [-0.4, -0.2) is 19.2 Å². The second-order valence-electron chi connectivity index (χ2n) is 4.54. The lowest BCUT2D eigenvalue weighted by molar-refractivity contribution is -0.139. The lowest BCUT2D eigenvalue weighted by atomic mass is 10.2. The van der Waals surface area contributed by atoms with Gasteiger partial charge >= 0.3 is 11.6 Å². The van der Waals surface area contributed by atoms with Crippen LogP contribution in [0, 0.1) is 0 Å². The number of hydrogen-bond acceptors (Lipinski definition) is 5. The minimum Gasteiger partial charge on any atom is -0.492 e. The zero-order valence-electron chi connectivity index (χ0n) is 11.8. The average molecular weight is 288 g/mol. The van der Waals surface area contributed by atoms with Crippen LogP contribution in [0.4, 0.5) is 0 Å². The van der Waals surface area contributed by atoms with E-state index in [1.54, 1.807) is 19.1 Å². The maximum atomic E-state index is 11.4. The van der Waals surface area contributed by atoms with Gasteiger partial charge in [0, 0.05) is 12.0 Å². The van der Waals surface area contributed by atoms with Crippen LogP contribution in [0.25, 0.3) is 11.0 Å². The number of para-hydroxylation sites is 1. The molecule has 0 amide bonds. The van der Waals surface area contributed by atoms with Crippen LogP contribution in [-0.2, 0) is 9.53 Å². The number of esters is 1. The highest BCUT2D eigenvalue weighted by Gasteiger charge is 2.06. The van der Waals surface area contributed by atoms with Gasteiger partial charge in [0.05, 0.1) is 24.7 Å². The quantitative estimate of drug-likeness (QED) is 0.354. The van der Waals surface area contributed by atoms with E-state index < -0.39 is 11.6 Å². The fourth-order valence-corrected chi connectivity index (χ4v) is 1.73. The molecule has 0 N–H and O–H groups in total. The van der Waals surface area contributed by atoms with Gasteiger partial charge in [0.1, 0.15) is 11.3 Å². The SMILES string of the molecule is C=C(C)C(=O)OCCCOc1cc(=O)oc2ccccc12. The molecule has 1 aromatic carbocycles. The molecule has 5 nitrogen and oxygen atoms in total. The van der Waals surface area contributed by atoms with Crippen LogP contribution in [0.2, 0.25) is 0 Å². The summed E-state index contributed by atoms with van der Waals surface area (Å²) in [6, 6.07) is 8.45. The fraction of sp³-hybridized carbons (Fsp3) is 0.250. The molecule has 0 spiro atoms. The molecule has 1 heterocycles. The molecular formula is C16H16O5. The van der Waals surface area contributed by atoms with Gasteiger partial charge < -0.3 is 13.9 Å². The van der Waals surface area contributed by atoms with E-state index in [2.05, 4.69) is 6.58 Å². The fourth-order valence-electron chi connectivity index (χ4n) is 1.73. The Balaban J connectivity index is 1.93. The first-order valence-electron chi connectivity index (χ1n) is 6.56. The summed E-state index contributed by atoms with van der Waals surface area (Å²) in [5, 5.41) is 0.732. The van der Waals surface area contributed by atoms with Crippen molar-refractivity contribution >= 4 is 16.9 Å². The molecule has 5 heteroatoms. The first-order chi connectivity index (χ1) is 10.1. The molecule has 0 saturated heterocycles. The number of benzene rings is 1. The summed E-state index contributed by atoms with van der Waals surface area (Å²) in [4.78, 5) is 22.6. The molecule has 0 atom stereocenters. The third-order valence-corrected chi connectivity index (χ3v) is 2.74. The normalized spacial score (nSPS) is 10.3. The minimum absolute atomic E-state index is 0.241. The molecular weight excluding hydrogens is 272 g/mol. The van der Waals surface area contributed by atoms with Gasteiger partial charge in [-0.15, -0.1) is 0 Å². The van der Waals surface area contributed by atoms with E-state index in [0.29, 0.717) is 29.9 Å². The van der Waals surface area contributed by atoms with Crippen molar-refractivity contribution in [3.8, 4) is 5.75 Å². The predicted molar refractivity (Wildman–Crippen MR) is 78.4 cm³/mol.